The summed E-state index contributed by atoms with van der Waals surface area (Å²) >= 11 is 0. The summed E-state index contributed by atoms with van der Waals surface area (Å²) < 4.78 is 43.9. The molecule has 0 aliphatic carbocycles. The van der Waals surface area contributed by atoms with Gasteiger partial charge in [0.15, 0.2) is 17.5 Å². The zero-order valence-corrected chi connectivity index (χ0v) is 11.7. The van der Waals surface area contributed by atoms with E-state index < -0.39 is 34.9 Å². The first-order chi connectivity index (χ1) is 9.82. The van der Waals surface area contributed by atoms with E-state index in [4.69, 9.17) is 4.74 Å². The van der Waals surface area contributed by atoms with Gasteiger partial charge in [-0.05, 0) is 18.1 Å². The van der Waals surface area contributed by atoms with Crippen molar-refractivity contribution in [3.05, 3.63) is 35.1 Å². The fourth-order valence-electron chi connectivity index (χ4n) is 1.41. The van der Waals surface area contributed by atoms with Crippen molar-refractivity contribution in [2.75, 3.05) is 13.2 Å². The van der Waals surface area contributed by atoms with Crippen LogP contribution in [0.25, 0.3) is 0 Å². The molecule has 1 amide bonds. The van der Waals surface area contributed by atoms with Gasteiger partial charge in [-0.1, -0.05) is 13.8 Å². The maximum Gasteiger partial charge on any atom is 0.307 e. The molecule has 0 aromatic heterocycles. The van der Waals surface area contributed by atoms with Gasteiger partial charge >= 0.3 is 5.97 Å². The first-order valence-electron chi connectivity index (χ1n) is 6.40. The second-order valence-corrected chi connectivity index (χ2v) is 4.81. The molecule has 4 nitrogen and oxygen atoms in total. The van der Waals surface area contributed by atoms with Crippen LogP contribution in [0.1, 0.15) is 30.6 Å². The molecule has 7 heteroatoms. The molecule has 0 radical (unpaired) electrons. The van der Waals surface area contributed by atoms with E-state index in [1.54, 1.807) is 0 Å². The molecule has 0 saturated heterocycles. The molecule has 21 heavy (non-hydrogen) atoms. The summed E-state index contributed by atoms with van der Waals surface area (Å²) in [7, 11) is 0. The SMILES string of the molecule is CC(C)COC(=O)CCNC(=O)c1ccc(F)c(F)c1F. The van der Waals surface area contributed by atoms with Gasteiger partial charge in [0, 0.05) is 6.54 Å². The van der Waals surface area contributed by atoms with E-state index >= 15 is 0 Å². The van der Waals surface area contributed by atoms with Gasteiger partial charge in [-0.2, -0.15) is 0 Å². The predicted molar refractivity (Wildman–Crippen MR) is 69.1 cm³/mol. The molecule has 1 aromatic carbocycles. The number of halogens is 3. The Morgan fingerprint density at radius 3 is 2.48 bits per heavy atom. The number of hydrogen-bond donors (Lipinski definition) is 1. The Hall–Kier alpha value is -2.05. The van der Waals surface area contributed by atoms with Crippen LogP contribution in [0.5, 0.6) is 0 Å². The van der Waals surface area contributed by atoms with Crippen LogP contribution in [0.3, 0.4) is 0 Å². The lowest BCUT2D eigenvalue weighted by molar-refractivity contribution is -0.144. The molecule has 1 rings (SSSR count). The molecule has 0 saturated carbocycles. The van der Waals surface area contributed by atoms with Crippen molar-refractivity contribution in [3.8, 4) is 0 Å². The number of esters is 1. The van der Waals surface area contributed by atoms with Crippen LogP contribution in [-0.4, -0.2) is 25.0 Å². The molecule has 1 aromatic rings. The van der Waals surface area contributed by atoms with E-state index in [0.29, 0.717) is 6.07 Å². The van der Waals surface area contributed by atoms with Crippen LogP contribution >= 0.6 is 0 Å². The third-order valence-electron chi connectivity index (χ3n) is 2.47. The number of amides is 1. The second-order valence-electron chi connectivity index (χ2n) is 4.81. The number of ether oxygens (including phenoxy) is 1. The highest BCUT2D eigenvalue weighted by Crippen LogP contribution is 2.14. The van der Waals surface area contributed by atoms with Crippen LogP contribution in [-0.2, 0) is 9.53 Å². The molecule has 1 N–H and O–H groups in total. The zero-order valence-electron chi connectivity index (χ0n) is 11.7. The Kier molecular flexibility index (Phi) is 6.20. The molecule has 0 atom stereocenters. The topological polar surface area (TPSA) is 55.4 Å². The molecule has 0 heterocycles. The zero-order chi connectivity index (χ0) is 16.0. The molecule has 0 bridgehead atoms. The van der Waals surface area contributed by atoms with Crippen molar-refractivity contribution in [1.29, 1.82) is 0 Å². The molecule has 0 aliphatic rings. The normalized spacial score (nSPS) is 10.6. The average Bonchev–Trinajstić information content (AvgIpc) is 2.42. The van der Waals surface area contributed by atoms with E-state index in [0.717, 1.165) is 6.07 Å². The van der Waals surface area contributed by atoms with Crippen LogP contribution in [0, 0.1) is 23.4 Å². The minimum Gasteiger partial charge on any atom is -0.465 e. The summed E-state index contributed by atoms with van der Waals surface area (Å²) in [5.41, 5.74) is -0.621. The quantitative estimate of drug-likeness (QED) is 0.648. The molecule has 0 fully saturated rings. The lowest BCUT2D eigenvalue weighted by atomic mass is 10.2. The summed E-state index contributed by atoms with van der Waals surface area (Å²) in [6.45, 7) is 3.93. The minimum absolute atomic E-state index is 0.0891. The Morgan fingerprint density at radius 2 is 1.86 bits per heavy atom. The fraction of sp³-hybridized carbons (Fsp3) is 0.429. The summed E-state index contributed by atoms with van der Waals surface area (Å²) in [6, 6.07) is 1.49. The number of carbonyl (C=O) groups excluding carboxylic acids is 2. The van der Waals surface area contributed by atoms with E-state index in [-0.39, 0.29) is 25.5 Å². The third-order valence-corrected chi connectivity index (χ3v) is 2.47. The Balaban J connectivity index is 2.48. The monoisotopic (exact) mass is 303 g/mol. The van der Waals surface area contributed by atoms with Crippen molar-refractivity contribution in [1.82, 2.24) is 5.32 Å². The lowest BCUT2D eigenvalue weighted by Gasteiger charge is -2.08. The van der Waals surface area contributed by atoms with Crippen LogP contribution < -0.4 is 5.32 Å². The van der Waals surface area contributed by atoms with Crippen LogP contribution in [0.4, 0.5) is 13.2 Å². The Morgan fingerprint density at radius 1 is 1.19 bits per heavy atom. The third kappa shape index (κ3) is 5.09. The van der Waals surface area contributed by atoms with Crippen molar-refractivity contribution < 1.29 is 27.5 Å². The van der Waals surface area contributed by atoms with E-state index in [1.165, 1.54) is 0 Å². The fourth-order valence-corrected chi connectivity index (χ4v) is 1.41. The minimum atomic E-state index is -1.71. The number of carbonyl (C=O) groups is 2. The van der Waals surface area contributed by atoms with Crippen molar-refractivity contribution in [3.63, 3.8) is 0 Å². The smallest absolute Gasteiger partial charge is 0.307 e. The van der Waals surface area contributed by atoms with E-state index in [2.05, 4.69) is 5.32 Å². The van der Waals surface area contributed by atoms with E-state index in [9.17, 15) is 22.8 Å². The number of rotatable bonds is 6. The van der Waals surface area contributed by atoms with Gasteiger partial charge in [0.25, 0.3) is 5.91 Å². The van der Waals surface area contributed by atoms with Crippen LogP contribution in [0.2, 0.25) is 0 Å². The first kappa shape index (κ1) is 17.0. The number of hydrogen-bond acceptors (Lipinski definition) is 3. The average molecular weight is 303 g/mol. The Labute approximate surface area is 120 Å². The van der Waals surface area contributed by atoms with Gasteiger partial charge in [0.05, 0.1) is 18.6 Å². The first-order valence-corrected chi connectivity index (χ1v) is 6.40. The van der Waals surface area contributed by atoms with Gasteiger partial charge in [-0.25, -0.2) is 13.2 Å². The summed E-state index contributed by atoms with van der Waals surface area (Å²) in [5, 5.41) is 2.24. The summed E-state index contributed by atoms with van der Waals surface area (Å²) in [5.74, 6) is -5.88. The van der Waals surface area contributed by atoms with Gasteiger partial charge in [-0.15, -0.1) is 0 Å². The van der Waals surface area contributed by atoms with Crippen LogP contribution in [0.15, 0.2) is 12.1 Å². The van der Waals surface area contributed by atoms with Crippen molar-refractivity contribution >= 4 is 11.9 Å². The van der Waals surface area contributed by atoms with Gasteiger partial charge in [0.2, 0.25) is 0 Å². The Bertz CT molecular complexity index is 532. The summed E-state index contributed by atoms with van der Waals surface area (Å²) in [6.07, 6.45) is -0.0935. The van der Waals surface area contributed by atoms with E-state index in [1.807, 2.05) is 13.8 Å². The maximum absolute atomic E-state index is 13.3. The summed E-state index contributed by atoms with van der Waals surface area (Å²) in [4.78, 5) is 22.9. The second kappa shape index (κ2) is 7.66. The van der Waals surface area contributed by atoms with Gasteiger partial charge < -0.3 is 10.1 Å². The predicted octanol–water partition coefficient (Wildman–Crippen LogP) is 2.42. The van der Waals surface area contributed by atoms with Crippen molar-refractivity contribution in [2.45, 2.75) is 20.3 Å². The molecule has 0 unspecified atom stereocenters. The molecule has 0 spiro atoms. The number of benzene rings is 1. The van der Waals surface area contributed by atoms with Crippen molar-refractivity contribution in [2.24, 2.45) is 5.92 Å². The highest BCUT2D eigenvalue weighted by molar-refractivity contribution is 5.94. The standard InChI is InChI=1S/C14H16F3NO3/c1-8(2)7-21-11(19)5-6-18-14(20)9-3-4-10(15)13(17)12(9)16/h3-4,8H,5-7H2,1-2H3,(H,18,20). The van der Waals surface area contributed by atoms with Gasteiger partial charge in [-0.3, -0.25) is 9.59 Å². The largest absolute Gasteiger partial charge is 0.465 e. The lowest BCUT2D eigenvalue weighted by Crippen LogP contribution is -2.28. The number of nitrogens with one attached hydrogen (secondary N) is 1. The molecular formula is C14H16F3NO3. The maximum atomic E-state index is 13.3. The molecule has 116 valence electrons. The van der Waals surface area contributed by atoms with Gasteiger partial charge in [0.1, 0.15) is 0 Å². The molecular weight excluding hydrogens is 287 g/mol. The molecule has 0 aliphatic heterocycles. The highest BCUT2D eigenvalue weighted by atomic mass is 19.2. The highest BCUT2D eigenvalue weighted by Gasteiger charge is 2.18.